The second-order valence-corrected chi connectivity index (χ2v) is 14.2. The number of nitrogens with zero attached hydrogens (tertiary/aromatic N) is 3. The first-order chi connectivity index (χ1) is 22.2. The predicted molar refractivity (Wildman–Crippen MR) is 188 cm³/mol. The first-order valence-electron chi connectivity index (χ1n) is 15.0. The molecule has 9 aromatic rings. The zero-order valence-electron chi connectivity index (χ0n) is 24.2. The van der Waals surface area contributed by atoms with E-state index in [9.17, 15) is 0 Å². The van der Waals surface area contributed by atoms with E-state index < -0.39 is 7.14 Å². The molecule has 0 radical (unpaired) electrons. The van der Waals surface area contributed by atoms with Crippen LogP contribution in [0.1, 0.15) is 0 Å². The number of hydrogen-bond donors (Lipinski definition) is 0. The largest absolute Gasteiger partial charge is 0.309 e. The molecule has 4 nitrogen and oxygen atoms in total. The lowest BCUT2D eigenvalue weighted by molar-refractivity contribution is 0.592. The summed E-state index contributed by atoms with van der Waals surface area (Å²) in [6.07, 6.45) is 0. The molecule has 0 aliphatic heterocycles. The quantitative estimate of drug-likeness (QED) is 0.151. The number of fused-ring (bicyclic) bond motifs is 9. The van der Waals surface area contributed by atoms with Gasteiger partial charge in [0, 0.05) is 32.2 Å². The molecule has 6 aromatic carbocycles. The van der Waals surface area contributed by atoms with E-state index in [1.807, 2.05) is 72.8 Å². The summed E-state index contributed by atoms with van der Waals surface area (Å²) in [5.41, 5.74) is 6.71. The third-order valence-electron chi connectivity index (χ3n) is 8.83. The Bertz CT molecular complexity index is 2580. The molecule has 0 fully saturated rings. The van der Waals surface area contributed by atoms with E-state index in [4.69, 9.17) is 9.97 Å². The van der Waals surface area contributed by atoms with Crippen LogP contribution >= 0.6 is 7.14 Å². The van der Waals surface area contributed by atoms with E-state index in [0.717, 1.165) is 76.4 Å². The maximum Gasteiger partial charge on any atom is 0.171 e. The van der Waals surface area contributed by atoms with Crippen LogP contribution in [0.2, 0.25) is 0 Å². The van der Waals surface area contributed by atoms with Gasteiger partial charge in [-0.05, 0) is 53.2 Å². The Morgan fingerprint density at radius 3 is 1.93 bits per heavy atom. The molecule has 0 amide bonds. The lowest BCUT2D eigenvalue weighted by atomic mass is 10.0. The van der Waals surface area contributed by atoms with E-state index in [1.54, 1.807) is 0 Å². The van der Waals surface area contributed by atoms with Crippen molar-refractivity contribution in [1.29, 1.82) is 0 Å². The average Bonchev–Trinajstić information content (AvgIpc) is 3.52. The van der Waals surface area contributed by atoms with E-state index in [2.05, 4.69) is 89.3 Å². The van der Waals surface area contributed by atoms with Gasteiger partial charge in [-0.25, -0.2) is 9.97 Å². The molecule has 0 aliphatic carbocycles. The fourth-order valence-corrected chi connectivity index (χ4v) is 9.33. The monoisotopic (exact) mass is 595 g/mol. The van der Waals surface area contributed by atoms with Crippen LogP contribution in [0.3, 0.4) is 0 Å². The van der Waals surface area contributed by atoms with E-state index >= 15 is 4.57 Å². The third kappa shape index (κ3) is 3.96. The first kappa shape index (κ1) is 25.9. The van der Waals surface area contributed by atoms with Crippen molar-refractivity contribution in [3.63, 3.8) is 0 Å². The molecular weight excluding hydrogens is 569 g/mol. The van der Waals surface area contributed by atoms with Crippen LogP contribution in [0.15, 0.2) is 158 Å². The van der Waals surface area contributed by atoms with Crippen molar-refractivity contribution in [2.45, 2.75) is 0 Å². The maximum absolute atomic E-state index is 15.0. The number of imidazole rings is 1. The molecule has 212 valence electrons. The Morgan fingerprint density at radius 1 is 0.489 bits per heavy atom. The minimum Gasteiger partial charge on any atom is -0.309 e. The number of rotatable bonds is 4. The number of aromatic nitrogens is 3. The van der Waals surface area contributed by atoms with Gasteiger partial charge in [-0.15, -0.1) is 0 Å². The highest BCUT2D eigenvalue weighted by atomic mass is 31.2. The van der Waals surface area contributed by atoms with Crippen LogP contribution in [-0.4, -0.2) is 14.4 Å². The van der Waals surface area contributed by atoms with Crippen LogP contribution in [0.5, 0.6) is 0 Å². The van der Waals surface area contributed by atoms with Crippen LogP contribution < -0.4 is 15.9 Å². The Labute approximate surface area is 259 Å². The zero-order valence-corrected chi connectivity index (χ0v) is 25.1. The van der Waals surface area contributed by atoms with Crippen molar-refractivity contribution in [3.05, 3.63) is 158 Å². The Hall–Kier alpha value is -5.57. The Morgan fingerprint density at radius 2 is 1.16 bits per heavy atom. The second kappa shape index (κ2) is 9.99. The summed E-state index contributed by atoms with van der Waals surface area (Å²) in [6.45, 7) is 0. The van der Waals surface area contributed by atoms with Crippen molar-refractivity contribution in [1.82, 2.24) is 14.4 Å². The molecule has 0 bridgehead atoms. The second-order valence-electron chi connectivity index (χ2n) is 11.4. The summed E-state index contributed by atoms with van der Waals surface area (Å²) in [6, 6.07) is 53.2. The summed E-state index contributed by atoms with van der Waals surface area (Å²) >= 11 is 0. The van der Waals surface area contributed by atoms with Crippen LogP contribution in [0, 0.1) is 0 Å². The number of benzene rings is 6. The summed E-state index contributed by atoms with van der Waals surface area (Å²) in [7, 11) is -3.09. The Balaban J connectivity index is 1.25. The molecule has 3 aromatic heterocycles. The molecule has 0 atom stereocenters. The van der Waals surface area contributed by atoms with E-state index in [0.29, 0.717) is 0 Å². The van der Waals surface area contributed by atoms with E-state index in [1.165, 1.54) is 0 Å². The third-order valence-corrected chi connectivity index (χ3v) is 11.9. The van der Waals surface area contributed by atoms with Crippen molar-refractivity contribution in [2.24, 2.45) is 0 Å². The summed E-state index contributed by atoms with van der Waals surface area (Å²) in [5.74, 6) is 0. The Kier molecular flexibility index (Phi) is 5.74. The zero-order chi connectivity index (χ0) is 30.0. The van der Waals surface area contributed by atoms with Gasteiger partial charge in [0.15, 0.2) is 12.8 Å². The molecular formula is C40H26N3OP. The fraction of sp³-hybridized carbons (Fsp3) is 0. The smallest absolute Gasteiger partial charge is 0.171 e. The minimum atomic E-state index is -3.09. The van der Waals surface area contributed by atoms with Gasteiger partial charge in [0.05, 0.1) is 22.2 Å². The molecule has 0 aliphatic rings. The van der Waals surface area contributed by atoms with Crippen LogP contribution in [0.4, 0.5) is 0 Å². The molecule has 0 saturated heterocycles. The normalized spacial score (nSPS) is 12.1. The van der Waals surface area contributed by atoms with Crippen molar-refractivity contribution in [2.75, 3.05) is 0 Å². The highest BCUT2D eigenvalue weighted by Crippen LogP contribution is 2.43. The lowest BCUT2D eigenvalue weighted by Crippen LogP contribution is -2.24. The molecule has 0 spiro atoms. The minimum absolute atomic E-state index is 0.813. The van der Waals surface area contributed by atoms with Crippen LogP contribution in [-0.2, 0) is 4.57 Å². The predicted octanol–water partition coefficient (Wildman–Crippen LogP) is 8.65. The average molecular weight is 596 g/mol. The van der Waals surface area contributed by atoms with Crippen molar-refractivity contribution >= 4 is 72.3 Å². The van der Waals surface area contributed by atoms with Gasteiger partial charge in [-0.2, -0.15) is 0 Å². The molecule has 0 saturated carbocycles. The van der Waals surface area contributed by atoms with Gasteiger partial charge in [0.1, 0.15) is 5.52 Å². The number of para-hydroxylation sites is 3. The van der Waals surface area contributed by atoms with E-state index in [-0.39, 0.29) is 0 Å². The van der Waals surface area contributed by atoms with Gasteiger partial charge in [-0.3, -0.25) is 4.40 Å². The topological polar surface area (TPSA) is 47.3 Å². The molecule has 3 heterocycles. The SMILES string of the molecule is O=P(c1ccccc1)(c1ccccc1)c1ccc2ccc(-c3ccc4c5ccccc5n5c6ccccc6nc5c4n3)cc2c1. The van der Waals surface area contributed by atoms with Crippen molar-refractivity contribution < 1.29 is 4.57 Å². The van der Waals surface area contributed by atoms with Gasteiger partial charge < -0.3 is 4.57 Å². The first-order valence-corrected chi connectivity index (χ1v) is 16.7. The molecule has 5 heteroatoms. The molecule has 0 N–H and O–H groups in total. The summed E-state index contributed by atoms with van der Waals surface area (Å²) in [5, 5.41) is 6.79. The maximum atomic E-state index is 15.0. The van der Waals surface area contributed by atoms with Gasteiger partial charge >= 0.3 is 0 Å². The summed E-state index contributed by atoms with van der Waals surface area (Å²) in [4.78, 5) is 10.3. The highest BCUT2D eigenvalue weighted by molar-refractivity contribution is 7.85. The van der Waals surface area contributed by atoms with Gasteiger partial charge in [0.25, 0.3) is 0 Å². The molecule has 45 heavy (non-hydrogen) atoms. The number of pyridine rings is 2. The molecule has 9 rings (SSSR count). The van der Waals surface area contributed by atoms with Gasteiger partial charge in [0.2, 0.25) is 0 Å². The fourth-order valence-electron chi connectivity index (χ4n) is 6.65. The number of hydrogen-bond acceptors (Lipinski definition) is 3. The van der Waals surface area contributed by atoms with Crippen molar-refractivity contribution in [3.8, 4) is 11.3 Å². The summed E-state index contributed by atoms with van der Waals surface area (Å²) < 4.78 is 17.3. The lowest BCUT2D eigenvalue weighted by Gasteiger charge is -2.20. The highest BCUT2D eigenvalue weighted by Gasteiger charge is 2.29. The van der Waals surface area contributed by atoms with Gasteiger partial charge in [-0.1, -0.05) is 115 Å². The van der Waals surface area contributed by atoms with Crippen LogP contribution in [0.25, 0.3) is 60.5 Å². The standard InChI is InChI=1S/C40H26N3OP/c44-45(30-11-3-1-4-12-30,31-13-5-2-6-14-31)32-22-21-27-19-20-28(25-29(27)26-32)35-24-23-34-33-15-7-9-17-37(33)43-38-18-10-8-16-36(38)42-40(43)39(34)41-35/h1-26H. The molecule has 0 unspecified atom stereocenters.